The first-order valence-corrected chi connectivity index (χ1v) is 14.3. The molecule has 5 rings (SSSR count). The van der Waals surface area contributed by atoms with Crippen LogP contribution in [0.15, 0.2) is 48.8 Å². The third-order valence-electron chi connectivity index (χ3n) is 6.87. The molecule has 13 nitrogen and oxygen atoms in total. The molecule has 1 saturated carbocycles. The number of nitrogen functional groups attached to an aromatic ring is 1. The molecular weight excluding hydrogens is 548 g/mol. The Morgan fingerprint density at radius 3 is 2.75 bits per heavy atom. The lowest BCUT2D eigenvalue weighted by Crippen LogP contribution is -2.49. The summed E-state index contributed by atoms with van der Waals surface area (Å²) in [6, 6.07) is 10.1. The Bertz CT molecular complexity index is 1390. The van der Waals surface area contributed by atoms with Crippen LogP contribution in [-0.2, 0) is 23.4 Å². The Morgan fingerprint density at radius 2 is 2.05 bits per heavy atom. The number of anilines is 1. The molecule has 3 aromatic rings. The van der Waals surface area contributed by atoms with Gasteiger partial charge in [0.1, 0.15) is 54.2 Å². The monoisotopic (exact) mass is 579 g/mol. The van der Waals surface area contributed by atoms with Crippen molar-refractivity contribution >= 4 is 25.1 Å². The number of nitrogens with one attached hydrogen (secondary N) is 1. The molecule has 1 saturated heterocycles. The van der Waals surface area contributed by atoms with E-state index >= 15 is 0 Å². The van der Waals surface area contributed by atoms with Crippen molar-refractivity contribution in [1.29, 1.82) is 0 Å². The van der Waals surface area contributed by atoms with E-state index in [9.17, 15) is 24.0 Å². The quantitative estimate of drug-likeness (QED) is 0.181. The van der Waals surface area contributed by atoms with Gasteiger partial charge in [-0.3, -0.25) is 9.32 Å². The van der Waals surface area contributed by atoms with Crippen LogP contribution in [0.25, 0.3) is 5.52 Å². The second-order valence-corrected chi connectivity index (χ2v) is 11.7. The molecule has 3 heterocycles. The second kappa shape index (κ2) is 11.4. The molecule has 40 heavy (non-hydrogen) atoms. The predicted octanol–water partition coefficient (Wildman–Crippen LogP) is 1.95. The summed E-state index contributed by atoms with van der Waals surface area (Å²) in [7, 11) is -4.40. The molecule has 5 N–H and O–H groups in total. The SMILES string of the molecule is C[C@H](NP(=O)(OC[C@@]1(CF)O[C@@H](c2ccc3c(N)ncnn23)[C@H](O)[C@@H]1O)Oc1ccccc1)C(=O)OCC1CC1. The molecule has 0 amide bonds. The van der Waals surface area contributed by atoms with E-state index < -0.39 is 57.0 Å². The predicted molar refractivity (Wildman–Crippen MR) is 139 cm³/mol. The van der Waals surface area contributed by atoms with E-state index in [2.05, 4.69) is 15.2 Å². The molecular formula is C25H31FN5O8P. The number of para-hydroxylation sites is 1. The third kappa shape index (κ3) is 5.82. The van der Waals surface area contributed by atoms with Crippen molar-refractivity contribution in [2.24, 2.45) is 5.92 Å². The van der Waals surface area contributed by atoms with Crippen molar-refractivity contribution in [2.45, 2.75) is 49.7 Å². The van der Waals surface area contributed by atoms with Crippen LogP contribution in [0.3, 0.4) is 0 Å². The number of ether oxygens (including phenoxy) is 2. The number of halogens is 1. The first kappa shape index (κ1) is 28.4. The Hall–Kier alpha value is -3.13. The number of aliphatic hydroxyl groups excluding tert-OH is 2. The summed E-state index contributed by atoms with van der Waals surface area (Å²) in [6.07, 6.45) is -1.48. The summed E-state index contributed by atoms with van der Waals surface area (Å²) in [6.45, 7) is -0.437. The van der Waals surface area contributed by atoms with Gasteiger partial charge in [0.25, 0.3) is 0 Å². The standard InChI is InChI=1S/C25H31FN5O8P/c1-15(24(34)36-11-16-7-8-16)30-40(35,39-17-5-3-2-4-6-17)37-13-25(12-26)22(33)20(32)21(38-25)18-9-10-19-23(27)28-14-29-31(18)19/h2-6,9-10,14-16,20-22,32-33H,7-8,11-13H2,1H3,(H,30,35)(H2,27,28,29)/t15-,20-,21-,22-,25+,40?/m0/s1. The maximum atomic E-state index is 14.6. The lowest BCUT2D eigenvalue weighted by atomic mass is 9.96. The van der Waals surface area contributed by atoms with Crippen LogP contribution in [0.4, 0.5) is 10.2 Å². The number of hydrogen-bond donors (Lipinski definition) is 4. The van der Waals surface area contributed by atoms with Crippen molar-refractivity contribution in [3.05, 3.63) is 54.5 Å². The number of carbonyl (C=O) groups is 1. The van der Waals surface area contributed by atoms with E-state index in [4.69, 9.17) is 24.3 Å². The van der Waals surface area contributed by atoms with Crippen LogP contribution in [0.5, 0.6) is 5.75 Å². The molecule has 0 spiro atoms. The second-order valence-electron chi connectivity index (χ2n) is 9.97. The maximum absolute atomic E-state index is 14.6. The molecule has 2 fully saturated rings. The van der Waals surface area contributed by atoms with Gasteiger partial charge in [0.2, 0.25) is 0 Å². The van der Waals surface area contributed by atoms with Gasteiger partial charge in [-0.15, -0.1) is 0 Å². The number of esters is 1. The zero-order valence-electron chi connectivity index (χ0n) is 21.6. The minimum atomic E-state index is -4.40. The van der Waals surface area contributed by atoms with Gasteiger partial charge >= 0.3 is 13.7 Å². The highest BCUT2D eigenvalue weighted by Crippen LogP contribution is 2.48. The first-order valence-electron chi connectivity index (χ1n) is 12.8. The Morgan fingerprint density at radius 1 is 1.30 bits per heavy atom. The Labute approximate surface area is 229 Å². The van der Waals surface area contributed by atoms with E-state index in [1.54, 1.807) is 30.3 Å². The van der Waals surface area contributed by atoms with Crippen molar-refractivity contribution in [2.75, 3.05) is 25.6 Å². The lowest BCUT2D eigenvalue weighted by molar-refractivity contribution is -0.146. The summed E-state index contributed by atoms with van der Waals surface area (Å²) in [5.74, 6) is -0.0232. The lowest BCUT2D eigenvalue weighted by Gasteiger charge is -2.31. The summed E-state index contributed by atoms with van der Waals surface area (Å²) >= 11 is 0. The summed E-state index contributed by atoms with van der Waals surface area (Å²) in [5.41, 5.74) is 4.44. The van der Waals surface area contributed by atoms with E-state index in [0.29, 0.717) is 11.4 Å². The fourth-order valence-electron chi connectivity index (χ4n) is 4.37. The number of alkyl halides is 1. The number of aliphatic hydroxyl groups is 2. The van der Waals surface area contributed by atoms with Crippen molar-refractivity contribution in [1.82, 2.24) is 19.7 Å². The minimum Gasteiger partial charge on any atom is -0.464 e. The number of carbonyl (C=O) groups excluding carboxylic acids is 1. The molecule has 2 aromatic heterocycles. The highest BCUT2D eigenvalue weighted by molar-refractivity contribution is 7.52. The molecule has 6 atom stereocenters. The van der Waals surface area contributed by atoms with Crippen molar-refractivity contribution in [3.8, 4) is 5.75 Å². The van der Waals surface area contributed by atoms with Crippen LogP contribution >= 0.6 is 7.75 Å². The fraction of sp³-hybridized carbons (Fsp3) is 0.480. The zero-order chi connectivity index (χ0) is 28.5. The molecule has 0 bridgehead atoms. The zero-order valence-corrected chi connectivity index (χ0v) is 22.5. The van der Waals surface area contributed by atoms with E-state index in [-0.39, 0.29) is 23.9 Å². The average Bonchev–Trinajstić information content (AvgIpc) is 3.62. The molecule has 0 radical (unpaired) electrons. The smallest absolute Gasteiger partial charge is 0.459 e. The van der Waals surface area contributed by atoms with E-state index in [1.165, 1.54) is 29.9 Å². The minimum absolute atomic E-state index is 0.147. The number of hydrogen-bond acceptors (Lipinski definition) is 11. The van der Waals surface area contributed by atoms with E-state index in [0.717, 1.165) is 12.8 Å². The number of aromatic nitrogens is 3. The molecule has 15 heteroatoms. The summed E-state index contributed by atoms with van der Waals surface area (Å²) < 4.78 is 52.1. The van der Waals surface area contributed by atoms with Crippen LogP contribution < -0.4 is 15.3 Å². The largest absolute Gasteiger partial charge is 0.464 e. The molecule has 1 aliphatic heterocycles. The summed E-state index contributed by atoms with van der Waals surface area (Å²) in [5, 5.41) is 28.4. The number of benzene rings is 1. The highest BCUT2D eigenvalue weighted by Gasteiger charge is 2.57. The topological polar surface area (TPSA) is 180 Å². The molecule has 2 aliphatic rings. The van der Waals surface area contributed by atoms with E-state index in [1.807, 2.05) is 0 Å². The molecule has 1 unspecified atom stereocenters. The normalized spacial score (nSPS) is 26.9. The Balaban J connectivity index is 1.35. The van der Waals surface area contributed by atoms with Gasteiger partial charge in [-0.05, 0) is 49.9 Å². The van der Waals surface area contributed by atoms with Gasteiger partial charge in [-0.1, -0.05) is 18.2 Å². The average molecular weight is 580 g/mol. The van der Waals surface area contributed by atoms with Crippen LogP contribution in [0.2, 0.25) is 0 Å². The van der Waals surface area contributed by atoms with Crippen LogP contribution in [0.1, 0.15) is 31.6 Å². The van der Waals surface area contributed by atoms with Gasteiger partial charge in [-0.25, -0.2) is 18.5 Å². The number of rotatable bonds is 12. The maximum Gasteiger partial charge on any atom is 0.459 e. The number of nitrogens with two attached hydrogens (primary N) is 1. The van der Waals surface area contributed by atoms with Gasteiger partial charge in [0.05, 0.1) is 18.9 Å². The molecule has 216 valence electrons. The van der Waals surface area contributed by atoms with Gasteiger partial charge in [-0.2, -0.15) is 10.2 Å². The summed E-state index contributed by atoms with van der Waals surface area (Å²) in [4.78, 5) is 16.4. The molecule has 1 aromatic carbocycles. The van der Waals surface area contributed by atoms with Gasteiger partial charge in [0.15, 0.2) is 5.82 Å². The number of fused-ring (bicyclic) bond motifs is 1. The highest BCUT2D eigenvalue weighted by atomic mass is 31.2. The van der Waals surface area contributed by atoms with Gasteiger partial charge < -0.3 is 29.9 Å². The van der Waals surface area contributed by atoms with Crippen LogP contribution in [-0.4, -0.2) is 74.5 Å². The fourth-order valence-corrected chi connectivity index (χ4v) is 5.91. The Kier molecular flexibility index (Phi) is 8.09. The third-order valence-corrected chi connectivity index (χ3v) is 8.50. The molecule has 1 aliphatic carbocycles. The van der Waals surface area contributed by atoms with Crippen molar-refractivity contribution < 1.29 is 42.5 Å². The van der Waals surface area contributed by atoms with Crippen LogP contribution in [0, 0.1) is 5.92 Å². The number of nitrogens with zero attached hydrogens (tertiary/aromatic N) is 3. The van der Waals surface area contributed by atoms with Crippen molar-refractivity contribution in [3.63, 3.8) is 0 Å². The van der Waals surface area contributed by atoms with Gasteiger partial charge in [0, 0.05) is 0 Å². The first-order chi connectivity index (χ1) is 19.1.